The molecule has 0 spiro atoms. The van der Waals surface area contributed by atoms with E-state index in [2.05, 4.69) is 15.8 Å². The molecule has 7 heteroatoms. The highest BCUT2D eigenvalue weighted by Crippen LogP contribution is 2.18. The van der Waals surface area contributed by atoms with Crippen molar-refractivity contribution >= 4 is 28.8 Å². The third-order valence-electron chi connectivity index (χ3n) is 3.13. The first-order chi connectivity index (χ1) is 11.5. The van der Waals surface area contributed by atoms with Crippen molar-refractivity contribution in [2.24, 2.45) is 10.8 Å². The highest BCUT2D eigenvalue weighted by atomic mass is 16.1. The minimum atomic E-state index is -0.452. The lowest BCUT2D eigenvalue weighted by Gasteiger charge is -2.10. The van der Waals surface area contributed by atoms with Gasteiger partial charge in [-0.05, 0) is 31.2 Å². The molecule has 0 aliphatic carbocycles. The van der Waals surface area contributed by atoms with Crippen LogP contribution in [-0.2, 0) is 0 Å². The molecule has 0 saturated carbocycles. The van der Waals surface area contributed by atoms with Crippen LogP contribution in [0.2, 0.25) is 0 Å². The zero-order chi connectivity index (χ0) is 17.5. The van der Waals surface area contributed by atoms with E-state index in [1.165, 1.54) is 0 Å². The zero-order valence-corrected chi connectivity index (χ0v) is 13.0. The van der Waals surface area contributed by atoms with Crippen LogP contribution < -0.4 is 16.5 Å². The molecule has 0 fully saturated rings. The topological polar surface area (TPSA) is 127 Å². The summed E-state index contributed by atoms with van der Waals surface area (Å²) in [5, 5.41) is 22.6. The smallest absolute Gasteiger partial charge is 0.257 e. The standard InChI is InChI=1S/C17H16N6O/c1-11-6-8-12(9-7-11)21-17(24)13-4-2-3-5-14(13)22-23-15(10-18)16(19)20/h2-9,22H,1H3,(H3,19,20)(H,21,24)/b23-15+. The predicted octanol–water partition coefficient (Wildman–Crippen LogP) is 2.47. The molecule has 0 radical (unpaired) electrons. The third kappa shape index (κ3) is 4.18. The van der Waals surface area contributed by atoms with Crippen molar-refractivity contribution in [3.63, 3.8) is 0 Å². The largest absolute Gasteiger partial charge is 0.382 e. The molecule has 7 nitrogen and oxygen atoms in total. The summed E-state index contributed by atoms with van der Waals surface area (Å²) < 4.78 is 0. The normalized spacial score (nSPS) is 10.6. The number of nitrogens with two attached hydrogens (primary N) is 1. The number of aryl methyl sites for hydroxylation is 1. The second kappa shape index (κ2) is 7.56. The second-order valence-corrected chi connectivity index (χ2v) is 4.96. The van der Waals surface area contributed by atoms with Crippen LogP contribution in [0.1, 0.15) is 15.9 Å². The van der Waals surface area contributed by atoms with Crippen molar-refractivity contribution < 1.29 is 4.79 Å². The van der Waals surface area contributed by atoms with Gasteiger partial charge in [0.15, 0.2) is 5.84 Å². The fraction of sp³-hybridized carbons (Fsp3) is 0.0588. The summed E-state index contributed by atoms with van der Waals surface area (Å²) in [4.78, 5) is 12.4. The number of carbonyl (C=O) groups is 1. The Morgan fingerprint density at radius 3 is 2.50 bits per heavy atom. The first kappa shape index (κ1) is 16.7. The van der Waals surface area contributed by atoms with Crippen LogP contribution in [0.5, 0.6) is 0 Å². The molecular weight excluding hydrogens is 304 g/mol. The van der Waals surface area contributed by atoms with Crippen molar-refractivity contribution in [3.8, 4) is 6.07 Å². The summed E-state index contributed by atoms with van der Waals surface area (Å²) in [6.45, 7) is 1.96. The molecule has 2 aromatic carbocycles. The molecule has 24 heavy (non-hydrogen) atoms. The van der Waals surface area contributed by atoms with Crippen molar-refractivity contribution in [1.29, 1.82) is 10.7 Å². The van der Waals surface area contributed by atoms with Gasteiger partial charge in [0.25, 0.3) is 5.91 Å². The SMILES string of the molecule is Cc1ccc(NC(=O)c2ccccc2N/N=C(\C#N)C(=N)N)cc1. The van der Waals surface area contributed by atoms with E-state index in [-0.39, 0.29) is 11.6 Å². The third-order valence-corrected chi connectivity index (χ3v) is 3.13. The van der Waals surface area contributed by atoms with Crippen LogP contribution in [0.25, 0.3) is 0 Å². The first-order valence-electron chi connectivity index (χ1n) is 7.06. The monoisotopic (exact) mass is 320 g/mol. The number of amidine groups is 1. The van der Waals surface area contributed by atoms with Gasteiger partial charge in [-0.15, -0.1) is 0 Å². The quantitative estimate of drug-likeness (QED) is 0.383. The van der Waals surface area contributed by atoms with Crippen LogP contribution in [0.15, 0.2) is 53.6 Å². The van der Waals surface area contributed by atoms with Gasteiger partial charge in [-0.1, -0.05) is 29.8 Å². The summed E-state index contributed by atoms with van der Waals surface area (Å²) in [6, 6.07) is 15.8. The van der Waals surface area contributed by atoms with Crippen molar-refractivity contribution in [2.75, 3.05) is 10.7 Å². The molecule has 1 amide bonds. The summed E-state index contributed by atoms with van der Waals surface area (Å²) >= 11 is 0. The van der Waals surface area contributed by atoms with Crippen LogP contribution in [-0.4, -0.2) is 17.5 Å². The van der Waals surface area contributed by atoms with Gasteiger partial charge in [0.2, 0.25) is 5.71 Å². The number of nitrogens with zero attached hydrogens (tertiary/aromatic N) is 2. The maximum atomic E-state index is 12.4. The highest BCUT2D eigenvalue weighted by molar-refractivity contribution is 6.45. The molecular formula is C17H16N6O. The van der Waals surface area contributed by atoms with Gasteiger partial charge in [-0.3, -0.25) is 15.6 Å². The second-order valence-electron chi connectivity index (χ2n) is 4.96. The number of rotatable bonds is 5. The lowest BCUT2D eigenvalue weighted by Crippen LogP contribution is -2.22. The number of nitriles is 1. The molecule has 5 N–H and O–H groups in total. The van der Waals surface area contributed by atoms with E-state index in [1.807, 2.05) is 31.2 Å². The van der Waals surface area contributed by atoms with Crippen molar-refractivity contribution in [3.05, 3.63) is 59.7 Å². The first-order valence-corrected chi connectivity index (χ1v) is 7.06. The Morgan fingerprint density at radius 1 is 1.21 bits per heavy atom. The van der Waals surface area contributed by atoms with E-state index in [4.69, 9.17) is 16.4 Å². The van der Waals surface area contributed by atoms with Gasteiger partial charge in [0.1, 0.15) is 6.07 Å². The van der Waals surface area contributed by atoms with Crippen LogP contribution in [0, 0.1) is 23.7 Å². The maximum absolute atomic E-state index is 12.4. The van der Waals surface area contributed by atoms with Crippen LogP contribution in [0.3, 0.4) is 0 Å². The Labute approximate surface area is 139 Å². The zero-order valence-electron chi connectivity index (χ0n) is 13.0. The van der Waals surface area contributed by atoms with E-state index in [0.717, 1.165) is 5.56 Å². The highest BCUT2D eigenvalue weighted by Gasteiger charge is 2.11. The Bertz CT molecular complexity index is 833. The van der Waals surface area contributed by atoms with Gasteiger partial charge >= 0.3 is 0 Å². The number of amides is 1. The summed E-state index contributed by atoms with van der Waals surface area (Å²) in [5.41, 5.74) is 10.1. The van der Waals surface area contributed by atoms with Crippen LogP contribution >= 0.6 is 0 Å². The summed E-state index contributed by atoms with van der Waals surface area (Å²) in [7, 11) is 0. The Hall–Kier alpha value is -3.66. The number of hydrogen-bond acceptors (Lipinski definition) is 5. The predicted molar refractivity (Wildman–Crippen MR) is 94.2 cm³/mol. The average molecular weight is 320 g/mol. The summed E-state index contributed by atoms with van der Waals surface area (Å²) in [5.74, 6) is -0.773. The molecule has 2 aromatic rings. The number of anilines is 2. The fourth-order valence-corrected chi connectivity index (χ4v) is 1.88. The fourth-order valence-electron chi connectivity index (χ4n) is 1.88. The number of para-hydroxylation sites is 1. The van der Waals surface area contributed by atoms with Gasteiger partial charge in [0.05, 0.1) is 11.3 Å². The molecule has 0 aromatic heterocycles. The van der Waals surface area contributed by atoms with Gasteiger partial charge in [-0.25, -0.2) is 0 Å². The van der Waals surface area contributed by atoms with Gasteiger partial charge < -0.3 is 11.1 Å². The number of carbonyl (C=O) groups excluding carboxylic acids is 1. The lowest BCUT2D eigenvalue weighted by molar-refractivity contribution is 0.102. The number of hydrazone groups is 1. The summed E-state index contributed by atoms with van der Waals surface area (Å²) in [6.07, 6.45) is 0. The van der Waals surface area contributed by atoms with Crippen molar-refractivity contribution in [1.82, 2.24) is 0 Å². The van der Waals surface area contributed by atoms with E-state index < -0.39 is 5.84 Å². The van der Waals surface area contributed by atoms with E-state index in [0.29, 0.717) is 16.9 Å². The molecule has 120 valence electrons. The Kier molecular flexibility index (Phi) is 5.26. The molecule has 0 aliphatic heterocycles. The molecule has 0 aliphatic rings. The Morgan fingerprint density at radius 2 is 1.88 bits per heavy atom. The molecule has 2 rings (SSSR count). The van der Waals surface area contributed by atoms with Gasteiger partial charge in [-0.2, -0.15) is 10.4 Å². The molecule has 0 atom stereocenters. The molecule has 0 unspecified atom stereocenters. The van der Waals surface area contributed by atoms with E-state index in [1.54, 1.807) is 30.3 Å². The minimum Gasteiger partial charge on any atom is -0.382 e. The van der Waals surface area contributed by atoms with E-state index >= 15 is 0 Å². The van der Waals surface area contributed by atoms with E-state index in [9.17, 15) is 4.79 Å². The number of benzene rings is 2. The van der Waals surface area contributed by atoms with Crippen molar-refractivity contribution in [2.45, 2.75) is 6.92 Å². The van der Waals surface area contributed by atoms with Crippen LogP contribution in [0.4, 0.5) is 11.4 Å². The minimum absolute atomic E-state index is 0.260. The molecule has 0 saturated heterocycles. The molecule has 0 heterocycles. The maximum Gasteiger partial charge on any atom is 0.257 e. The van der Waals surface area contributed by atoms with Gasteiger partial charge in [0, 0.05) is 5.69 Å². The number of nitrogens with one attached hydrogen (secondary N) is 3. The number of hydrogen-bond donors (Lipinski definition) is 4. The Balaban J connectivity index is 2.22. The lowest BCUT2D eigenvalue weighted by atomic mass is 10.1. The average Bonchev–Trinajstić information content (AvgIpc) is 2.57. The molecule has 0 bridgehead atoms.